The molecule has 0 radical (unpaired) electrons. The highest BCUT2D eigenvalue weighted by Crippen LogP contribution is 2.52. The molecule has 0 unspecified atom stereocenters. The zero-order chi connectivity index (χ0) is 14.7. The van der Waals surface area contributed by atoms with Gasteiger partial charge in [0.2, 0.25) is 0 Å². The minimum Gasteiger partial charge on any atom is -0.469 e. The van der Waals surface area contributed by atoms with Gasteiger partial charge in [0.1, 0.15) is 6.61 Å². The molecule has 0 amide bonds. The van der Waals surface area contributed by atoms with E-state index in [1.54, 1.807) is 0 Å². The van der Waals surface area contributed by atoms with Crippen LogP contribution < -0.4 is 0 Å². The number of cyclic esters (lactones) is 1. The van der Waals surface area contributed by atoms with Crippen LogP contribution >= 0.6 is 0 Å². The molecule has 6 nitrogen and oxygen atoms in total. The molecule has 0 bridgehead atoms. The Morgan fingerprint density at radius 2 is 1.95 bits per heavy atom. The van der Waals surface area contributed by atoms with Crippen LogP contribution in [0.3, 0.4) is 0 Å². The first-order valence-electron chi connectivity index (χ1n) is 6.96. The van der Waals surface area contributed by atoms with E-state index in [9.17, 15) is 9.59 Å². The molecule has 6 atom stereocenters. The minimum atomic E-state index is -0.684. The van der Waals surface area contributed by atoms with E-state index in [1.165, 1.54) is 7.11 Å². The van der Waals surface area contributed by atoms with E-state index in [1.807, 2.05) is 20.8 Å². The highest BCUT2D eigenvalue weighted by atomic mass is 16.8. The van der Waals surface area contributed by atoms with E-state index in [2.05, 4.69) is 0 Å². The molecule has 2 aliphatic heterocycles. The van der Waals surface area contributed by atoms with Crippen LogP contribution in [0, 0.1) is 23.7 Å². The third-order valence-electron chi connectivity index (χ3n) is 4.69. The van der Waals surface area contributed by atoms with Gasteiger partial charge in [0.15, 0.2) is 5.79 Å². The Kier molecular flexibility index (Phi) is 3.06. The lowest BCUT2D eigenvalue weighted by Crippen LogP contribution is -2.46. The summed E-state index contributed by atoms with van der Waals surface area (Å²) in [6, 6.07) is 0. The average Bonchev–Trinajstić information content (AvgIpc) is 2.83. The van der Waals surface area contributed by atoms with Gasteiger partial charge in [-0.05, 0) is 19.8 Å². The number of esters is 2. The van der Waals surface area contributed by atoms with E-state index in [0.717, 1.165) is 0 Å². The first-order chi connectivity index (χ1) is 9.35. The second kappa shape index (κ2) is 4.43. The summed E-state index contributed by atoms with van der Waals surface area (Å²) in [5, 5.41) is 0. The minimum absolute atomic E-state index is 0.0354. The highest BCUT2D eigenvalue weighted by Gasteiger charge is 2.64. The Morgan fingerprint density at radius 1 is 1.30 bits per heavy atom. The molecule has 3 rings (SSSR count). The van der Waals surface area contributed by atoms with Crippen LogP contribution in [0.15, 0.2) is 0 Å². The third kappa shape index (κ3) is 1.85. The van der Waals surface area contributed by atoms with E-state index in [4.69, 9.17) is 18.9 Å². The van der Waals surface area contributed by atoms with Crippen LogP contribution in [0.5, 0.6) is 0 Å². The maximum atomic E-state index is 12.0. The van der Waals surface area contributed by atoms with Gasteiger partial charge in [-0.2, -0.15) is 0 Å². The molecule has 6 heteroatoms. The summed E-state index contributed by atoms with van der Waals surface area (Å²) >= 11 is 0. The number of methoxy groups -OCH3 is 1. The molecule has 0 aromatic carbocycles. The van der Waals surface area contributed by atoms with Gasteiger partial charge in [-0.3, -0.25) is 9.59 Å². The predicted octanol–water partition coefficient (Wildman–Crippen LogP) is 0.735. The quantitative estimate of drug-likeness (QED) is 0.661. The fourth-order valence-corrected chi connectivity index (χ4v) is 3.89. The van der Waals surface area contributed by atoms with E-state index in [-0.39, 0.29) is 48.5 Å². The van der Waals surface area contributed by atoms with Gasteiger partial charge in [0, 0.05) is 5.92 Å². The van der Waals surface area contributed by atoms with Gasteiger partial charge >= 0.3 is 11.9 Å². The smallest absolute Gasteiger partial charge is 0.312 e. The second-order valence-corrected chi connectivity index (χ2v) is 6.29. The van der Waals surface area contributed by atoms with Crippen molar-refractivity contribution in [2.24, 2.45) is 23.7 Å². The molecule has 2 heterocycles. The molecule has 0 spiro atoms. The highest BCUT2D eigenvalue weighted by molar-refractivity contribution is 5.80. The number of ether oxygens (including phenoxy) is 4. The van der Waals surface area contributed by atoms with Crippen LogP contribution in [0.1, 0.15) is 20.8 Å². The van der Waals surface area contributed by atoms with Gasteiger partial charge < -0.3 is 18.9 Å². The molecule has 3 fully saturated rings. The van der Waals surface area contributed by atoms with Crippen molar-refractivity contribution in [2.45, 2.75) is 38.8 Å². The molecule has 0 N–H and O–H groups in total. The van der Waals surface area contributed by atoms with Crippen molar-refractivity contribution in [3.05, 3.63) is 0 Å². The Bertz CT molecular complexity index is 445. The first-order valence-corrected chi connectivity index (χ1v) is 6.96. The Hall–Kier alpha value is -1.14. The second-order valence-electron chi connectivity index (χ2n) is 6.29. The van der Waals surface area contributed by atoms with E-state index in [0.29, 0.717) is 0 Å². The number of hydrogen-bond donors (Lipinski definition) is 0. The topological polar surface area (TPSA) is 71.1 Å². The molecule has 2 saturated heterocycles. The maximum Gasteiger partial charge on any atom is 0.312 e. The number of fused-ring (bicyclic) bond motifs is 3. The lowest BCUT2D eigenvalue weighted by atomic mass is 9.79. The Labute approximate surface area is 117 Å². The molecule has 0 aromatic rings. The summed E-state index contributed by atoms with van der Waals surface area (Å²) in [5.41, 5.74) is 0. The standard InChI is InChI=1S/C14H20O6/c1-6-8-9(11-10(6)19-14(2,3)20-11)7(12(15)17-4)5-18-13(8)16/h6-11H,5H2,1-4H3/t6-,7-,8+,9+,10+,11-/m1/s1. The van der Waals surface area contributed by atoms with E-state index >= 15 is 0 Å². The number of rotatable bonds is 1. The number of carbonyl (C=O) groups excluding carboxylic acids is 2. The van der Waals surface area contributed by atoms with Crippen molar-refractivity contribution < 1.29 is 28.5 Å². The van der Waals surface area contributed by atoms with Crippen molar-refractivity contribution in [1.82, 2.24) is 0 Å². The molecule has 20 heavy (non-hydrogen) atoms. The lowest BCUT2D eigenvalue weighted by Gasteiger charge is -2.35. The first kappa shape index (κ1) is 13.8. The van der Waals surface area contributed by atoms with Gasteiger partial charge in [0.05, 0.1) is 31.2 Å². The summed E-state index contributed by atoms with van der Waals surface area (Å²) in [7, 11) is 1.35. The summed E-state index contributed by atoms with van der Waals surface area (Å²) in [5.74, 6) is -2.40. The zero-order valence-corrected chi connectivity index (χ0v) is 12.1. The largest absolute Gasteiger partial charge is 0.469 e. The maximum absolute atomic E-state index is 12.0. The van der Waals surface area contributed by atoms with Crippen LogP contribution in [0.2, 0.25) is 0 Å². The van der Waals surface area contributed by atoms with Gasteiger partial charge in [0.25, 0.3) is 0 Å². The predicted molar refractivity (Wildman–Crippen MR) is 66.4 cm³/mol. The van der Waals surface area contributed by atoms with Crippen LogP contribution in [-0.4, -0.2) is 43.7 Å². The van der Waals surface area contributed by atoms with E-state index < -0.39 is 11.7 Å². The van der Waals surface area contributed by atoms with Crippen molar-refractivity contribution >= 4 is 11.9 Å². The summed E-state index contributed by atoms with van der Waals surface area (Å²) in [6.45, 7) is 5.71. The van der Waals surface area contributed by atoms with Gasteiger partial charge in [-0.15, -0.1) is 0 Å². The molecule has 3 aliphatic rings. The number of carbonyl (C=O) groups is 2. The fraction of sp³-hybridized carbons (Fsp3) is 0.857. The van der Waals surface area contributed by atoms with Crippen molar-refractivity contribution in [3.8, 4) is 0 Å². The lowest BCUT2D eigenvalue weighted by molar-refractivity contribution is -0.194. The molecular weight excluding hydrogens is 264 g/mol. The Balaban J connectivity index is 1.94. The van der Waals surface area contributed by atoms with Gasteiger partial charge in [-0.1, -0.05) is 6.92 Å². The summed E-state index contributed by atoms with van der Waals surface area (Å²) < 4.78 is 21.9. The van der Waals surface area contributed by atoms with Crippen LogP contribution in [0.25, 0.3) is 0 Å². The zero-order valence-electron chi connectivity index (χ0n) is 12.1. The molecule has 112 valence electrons. The average molecular weight is 284 g/mol. The summed E-state index contributed by atoms with van der Waals surface area (Å²) in [4.78, 5) is 24.0. The van der Waals surface area contributed by atoms with Crippen molar-refractivity contribution in [3.63, 3.8) is 0 Å². The number of hydrogen-bond acceptors (Lipinski definition) is 6. The van der Waals surface area contributed by atoms with Crippen molar-refractivity contribution in [1.29, 1.82) is 0 Å². The fourth-order valence-electron chi connectivity index (χ4n) is 3.89. The van der Waals surface area contributed by atoms with Crippen LogP contribution in [0.4, 0.5) is 0 Å². The summed E-state index contributed by atoms with van der Waals surface area (Å²) in [6.07, 6.45) is -0.445. The van der Waals surface area contributed by atoms with Crippen molar-refractivity contribution in [2.75, 3.05) is 13.7 Å². The Morgan fingerprint density at radius 3 is 2.60 bits per heavy atom. The molecule has 0 aromatic heterocycles. The van der Waals surface area contributed by atoms with Gasteiger partial charge in [-0.25, -0.2) is 0 Å². The normalized spacial score (nSPS) is 45.5. The van der Waals surface area contributed by atoms with Crippen LogP contribution in [-0.2, 0) is 28.5 Å². The molecule has 1 saturated carbocycles. The molecular formula is C14H20O6. The monoisotopic (exact) mass is 284 g/mol. The SMILES string of the molecule is COC(=O)[C@@H]1COC(=O)[C@H]2[C@@H](C)[C@@H]3OC(C)(C)O[C@@H]3[C@H]21. The molecule has 1 aliphatic carbocycles. The third-order valence-corrected chi connectivity index (χ3v) is 4.69.